The summed E-state index contributed by atoms with van der Waals surface area (Å²) in [6, 6.07) is 3.70. The number of hydrogen-bond donors (Lipinski definition) is 6. The Bertz CT molecular complexity index is 544. The van der Waals surface area contributed by atoms with E-state index in [0.29, 0.717) is 0 Å². The Balaban J connectivity index is 2.23. The molecule has 0 spiro atoms. The number of phenols is 1. The van der Waals surface area contributed by atoms with Gasteiger partial charge in [0.25, 0.3) is 0 Å². The van der Waals surface area contributed by atoms with Gasteiger partial charge in [0.2, 0.25) is 6.29 Å². The van der Waals surface area contributed by atoms with Gasteiger partial charge in [-0.05, 0) is 12.1 Å². The molecule has 1 aromatic rings. The maximum absolute atomic E-state index is 10.9. The van der Waals surface area contributed by atoms with Crippen LogP contribution in [0.2, 0.25) is 0 Å². The zero-order valence-corrected chi connectivity index (χ0v) is 11.2. The van der Waals surface area contributed by atoms with Gasteiger partial charge in [-0.1, -0.05) is 6.07 Å². The smallest absolute Gasteiger partial charge is 0.339 e. The lowest BCUT2D eigenvalue weighted by Gasteiger charge is -2.39. The second kappa shape index (κ2) is 6.46. The zero-order valence-electron chi connectivity index (χ0n) is 11.2. The van der Waals surface area contributed by atoms with Crippen LogP contribution in [0.5, 0.6) is 11.5 Å². The molecule has 0 amide bonds. The van der Waals surface area contributed by atoms with Crippen molar-refractivity contribution in [3.63, 3.8) is 0 Å². The standard InChI is InChI=1S/C13H16O9/c14-4-7-9(16)10(17)11(18)13(22-7)21-6-3-1-2-5(8(6)15)12(19)20/h1-3,7,9-11,13-18H,4H2,(H,19,20). The summed E-state index contributed by atoms with van der Waals surface area (Å²) in [5.41, 5.74) is -0.415. The first-order valence-electron chi connectivity index (χ1n) is 6.39. The SMILES string of the molecule is O=C(O)c1cccc(OC2OC(CO)C(O)C(O)C2O)c1O. The molecule has 0 aromatic heterocycles. The number of para-hydroxylation sites is 1. The van der Waals surface area contributed by atoms with E-state index in [9.17, 15) is 25.2 Å². The minimum atomic E-state index is -1.66. The number of benzene rings is 1. The lowest BCUT2D eigenvalue weighted by atomic mass is 9.99. The highest BCUT2D eigenvalue weighted by Crippen LogP contribution is 2.32. The van der Waals surface area contributed by atoms with E-state index >= 15 is 0 Å². The van der Waals surface area contributed by atoms with Crippen LogP contribution in [-0.2, 0) is 4.74 Å². The molecule has 5 atom stereocenters. The van der Waals surface area contributed by atoms with Gasteiger partial charge < -0.3 is 40.1 Å². The molecule has 1 heterocycles. The van der Waals surface area contributed by atoms with E-state index in [0.717, 1.165) is 6.07 Å². The number of rotatable bonds is 4. The maximum Gasteiger partial charge on any atom is 0.339 e. The van der Waals surface area contributed by atoms with E-state index in [1.54, 1.807) is 0 Å². The molecule has 1 fully saturated rings. The predicted octanol–water partition coefficient (Wildman–Crippen LogP) is -1.73. The summed E-state index contributed by atoms with van der Waals surface area (Å²) < 4.78 is 10.3. The molecule has 1 aromatic carbocycles. The van der Waals surface area contributed by atoms with Crippen LogP contribution >= 0.6 is 0 Å². The molecular formula is C13H16O9. The first-order chi connectivity index (χ1) is 10.4. The summed E-state index contributed by atoms with van der Waals surface area (Å²) >= 11 is 0. The Kier molecular flexibility index (Phi) is 4.84. The van der Waals surface area contributed by atoms with E-state index < -0.39 is 54.6 Å². The highest BCUT2D eigenvalue weighted by molar-refractivity contribution is 5.91. The van der Waals surface area contributed by atoms with E-state index in [1.165, 1.54) is 12.1 Å². The van der Waals surface area contributed by atoms with Crippen LogP contribution < -0.4 is 4.74 Å². The molecule has 0 radical (unpaired) electrons. The Morgan fingerprint density at radius 3 is 2.45 bits per heavy atom. The number of carboxylic acid groups (broad SMARTS) is 1. The quantitative estimate of drug-likeness (QED) is 0.380. The number of aliphatic hydroxyl groups excluding tert-OH is 4. The van der Waals surface area contributed by atoms with Crippen molar-refractivity contribution in [2.45, 2.75) is 30.7 Å². The zero-order chi connectivity index (χ0) is 16.4. The summed E-state index contributed by atoms with van der Waals surface area (Å²) in [5.74, 6) is -2.34. The van der Waals surface area contributed by atoms with Crippen LogP contribution in [-0.4, -0.2) is 73.9 Å². The van der Waals surface area contributed by atoms with Gasteiger partial charge in [-0.15, -0.1) is 0 Å². The third kappa shape index (κ3) is 2.98. The topological polar surface area (TPSA) is 157 Å². The van der Waals surface area contributed by atoms with Gasteiger partial charge in [-0.3, -0.25) is 0 Å². The Hall–Kier alpha value is -1.91. The third-order valence-electron chi connectivity index (χ3n) is 3.32. The molecule has 122 valence electrons. The molecule has 9 heteroatoms. The maximum atomic E-state index is 10.9. The molecule has 1 aliphatic rings. The highest BCUT2D eigenvalue weighted by Gasteiger charge is 2.45. The number of aromatic carboxylic acids is 1. The van der Waals surface area contributed by atoms with Crippen molar-refractivity contribution in [3.8, 4) is 11.5 Å². The van der Waals surface area contributed by atoms with Gasteiger partial charge in [0.1, 0.15) is 30.0 Å². The van der Waals surface area contributed by atoms with E-state index in [-0.39, 0.29) is 5.75 Å². The molecule has 9 nitrogen and oxygen atoms in total. The first-order valence-corrected chi connectivity index (χ1v) is 6.39. The van der Waals surface area contributed by atoms with Crippen molar-refractivity contribution in [1.82, 2.24) is 0 Å². The Morgan fingerprint density at radius 2 is 1.86 bits per heavy atom. The van der Waals surface area contributed by atoms with Crippen LogP contribution in [0.3, 0.4) is 0 Å². The lowest BCUT2D eigenvalue weighted by molar-refractivity contribution is -0.277. The number of aromatic hydroxyl groups is 1. The van der Waals surface area contributed by atoms with Crippen LogP contribution in [0.1, 0.15) is 10.4 Å². The highest BCUT2D eigenvalue weighted by atomic mass is 16.7. The van der Waals surface area contributed by atoms with E-state index in [2.05, 4.69) is 0 Å². The van der Waals surface area contributed by atoms with Gasteiger partial charge in [-0.2, -0.15) is 0 Å². The summed E-state index contributed by atoms with van der Waals surface area (Å²) in [7, 11) is 0. The second-order valence-corrected chi connectivity index (χ2v) is 4.77. The molecule has 5 unspecified atom stereocenters. The number of hydrogen-bond acceptors (Lipinski definition) is 8. The van der Waals surface area contributed by atoms with Gasteiger partial charge in [0.05, 0.1) is 6.61 Å². The molecule has 0 saturated carbocycles. The average Bonchev–Trinajstić information content (AvgIpc) is 2.49. The Morgan fingerprint density at radius 1 is 1.18 bits per heavy atom. The summed E-state index contributed by atoms with van der Waals surface area (Å²) in [6.45, 7) is -0.633. The fraction of sp³-hybridized carbons (Fsp3) is 0.462. The molecule has 0 aliphatic carbocycles. The molecule has 0 bridgehead atoms. The molecule has 6 N–H and O–H groups in total. The number of carbonyl (C=O) groups is 1. The van der Waals surface area contributed by atoms with E-state index in [1.807, 2.05) is 0 Å². The number of carboxylic acids is 1. The minimum Gasteiger partial charge on any atom is -0.504 e. The molecule has 2 rings (SSSR count). The second-order valence-electron chi connectivity index (χ2n) is 4.77. The molecule has 1 aliphatic heterocycles. The van der Waals surface area contributed by atoms with Crippen LogP contribution in [0.25, 0.3) is 0 Å². The normalized spacial score (nSPS) is 31.7. The minimum absolute atomic E-state index is 0.288. The lowest BCUT2D eigenvalue weighted by Crippen LogP contribution is -2.60. The van der Waals surface area contributed by atoms with Crippen LogP contribution in [0, 0.1) is 0 Å². The van der Waals surface area contributed by atoms with Gasteiger partial charge in [0, 0.05) is 0 Å². The van der Waals surface area contributed by atoms with Gasteiger partial charge >= 0.3 is 5.97 Å². The molecular weight excluding hydrogens is 300 g/mol. The first kappa shape index (κ1) is 16.5. The van der Waals surface area contributed by atoms with Crippen molar-refractivity contribution in [2.75, 3.05) is 6.61 Å². The molecule has 22 heavy (non-hydrogen) atoms. The summed E-state index contributed by atoms with van der Waals surface area (Å²) in [5, 5.41) is 56.9. The monoisotopic (exact) mass is 316 g/mol. The summed E-state index contributed by atoms with van der Waals surface area (Å²) in [6.07, 6.45) is -7.52. The summed E-state index contributed by atoms with van der Waals surface area (Å²) in [4.78, 5) is 10.9. The predicted molar refractivity (Wildman–Crippen MR) is 69.5 cm³/mol. The average molecular weight is 316 g/mol. The van der Waals surface area contributed by atoms with Crippen molar-refractivity contribution in [2.24, 2.45) is 0 Å². The van der Waals surface area contributed by atoms with Gasteiger partial charge in [0.15, 0.2) is 11.5 Å². The van der Waals surface area contributed by atoms with Crippen molar-refractivity contribution in [3.05, 3.63) is 23.8 Å². The van der Waals surface area contributed by atoms with Crippen LogP contribution in [0.15, 0.2) is 18.2 Å². The van der Waals surface area contributed by atoms with E-state index in [4.69, 9.17) is 19.7 Å². The van der Waals surface area contributed by atoms with Crippen molar-refractivity contribution >= 4 is 5.97 Å². The number of ether oxygens (including phenoxy) is 2. The van der Waals surface area contributed by atoms with Crippen LogP contribution in [0.4, 0.5) is 0 Å². The van der Waals surface area contributed by atoms with Crippen molar-refractivity contribution < 1.29 is 44.9 Å². The largest absolute Gasteiger partial charge is 0.504 e. The fourth-order valence-electron chi connectivity index (χ4n) is 2.08. The fourth-order valence-corrected chi connectivity index (χ4v) is 2.08. The third-order valence-corrected chi connectivity index (χ3v) is 3.32. The molecule has 1 saturated heterocycles. The number of aliphatic hydroxyl groups is 4. The Labute approximate surface area is 124 Å². The van der Waals surface area contributed by atoms with Crippen molar-refractivity contribution in [1.29, 1.82) is 0 Å². The van der Waals surface area contributed by atoms with Gasteiger partial charge in [-0.25, -0.2) is 4.79 Å².